The third kappa shape index (κ3) is 4.34. The number of phenols is 1. The smallest absolute Gasteiger partial charge is 0.300 e. The average molecular weight is 513 g/mol. The molecule has 4 rings (SSSR count). The van der Waals surface area contributed by atoms with Crippen LogP contribution < -0.4 is 9.64 Å². The van der Waals surface area contributed by atoms with Gasteiger partial charge in [0.15, 0.2) is 11.5 Å². The predicted molar refractivity (Wildman–Crippen MR) is 129 cm³/mol. The SMILES string of the molecule is CCOc1cc(C2/C(=C(\O)c3ccc([N+](=O)[O-])cc3)C(=O)C(=O)N2c2ccc(F)c(Cl)c2)ccc1O. The van der Waals surface area contributed by atoms with Gasteiger partial charge in [0.1, 0.15) is 11.6 Å². The van der Waals surface area contributed by atoms with E-state index in [9.17, 15) is 34.3 Å². The highest BCUT2D eigenvalue weighted by atomic mass is 35.5. The zero-order valence-corrected chi connectivity index (χ0v) is 19.4. The number of non-ortho nitro benzene ring substituents is 1. The lowest BCUT2D eigenvalue weighted by Gasteiger charge is -2.26. The fourth-order valence-corrected chi connectivity index (χ4v) is 4.09. The summed E-state index contributed by atoms with van der Waals surface area (Å²) in [6.07, 6.45) is 0. The number of nitrogens with zero attached hydrogens (tertiary/aromatic N) is 2. The molecule has 0 radical (unpaired) electrons. The topological polar surface area (TPSA) is 130 Å². The van der Waals surface area contributed by atoms with Gasteiger partial charge in [0.2, 0.25) is 0 Å². The Bertz CT molecular complexity index is 1420. The van der Waals surface area contributed by atoms with Crippen LogP contribution in [-0.4, -0.2) is 33.4 Å². The molecule has 0 bridgehead atoms. The third-order valence-corrected chi connectivity index (χ3v) is 5.87. The van der Waals surface area contributed by atoms with Crippen LogP contribution in [0.3, 0.4) is 0 Å². The number of aliphatic hydroxyl groups excluding tert-OH is 1. The molecule has 0 spiro atoms. The highest BCUT2D eigenvalue weighted by Crippen LogP contribution is 2.44. The highest BCUT2D eigenvalue weighted by molar-refractivity contribution is 6.51. The second-order valence-electron chi connectivity index (χ2n) is 7.73. The first-order chi connectivity index (χ1) is 17.1. The van der Waals surface area contributed by atoms with Crippen molar-refractivity contribution < 1.29 is 33.9 Å². The summed E-state index contributed by atoms with van der Waals surface area (Å²) in [6.45, 7) is 1.92. The maximum atomic E-state index is 13.8. The van der Waals surface area contributed by atoms with Gasteiger partial charge in [-0.2, -0.15) is 0 Å². The molecule has 3 aromatic carbocycles. The Balaban J connectivity index is 1.95. The van der Waals surface area contributed by atoms with Gasteiger partial charge in [0.25, 0.3) is 17.4 Å². The lowest BCUT2D eigenvalue weighted by atomic mass is 9.94. The molecule has 1 amide bonds. The van der Waals surface area contributed by atoms with Gasteiger partial charge in [0.05, 0.1) is 28.2 Å². The molecule has 1 aliphatic rings. The van der Waals surface area contributed by atoms with Crippen LogP contribution in [0.1, 0.15) is 24.1 Å². The normalized spacial score (nSPS) is 16.9. The summed E-state index contributed by atoms with van der Waals surface area (Å²) in [5, 5.41) is 31.9. The molecule has 184 valence electrons. The molecule has 1 unspecified atom stereocenters. The summed E-state index contributed by atoms with van der Waals surface area (Å²) < 4.78 is 19.3. The lowest BCUT2D eigenvalue weighted by molar-refractivity contribution is -0.384. The number of carbonyl (C=O) groups is 2. The molecule has 1 aliphatic heterocycles. The van der Waals surface area contributed by atoms with Gasteiger partial charge in [-0.05, 0) is 55.0 Å². The number of halogens is 2. The molecule has 1 heterocycles. The number of ketones is 1. The fourth-order valence-electron chi connectivity index (χ4n) is 3.92. The van der Waals surface area contributed by atoms with Crippen molar-refractivity contribution in [2.45, 2.75) is 13.0 Å². The molecule has 2 N–H and O–H groups in total. The standard InChI is InChI=1S/C25H18ClFN2O7/c1-2-36-20-11-14(5-10-19(20)30)22-21(23(31)13-3-6-15(7-4-13)29(34)35)24(32)25(33)28(22)16-8-9-18(27)17(26)12-16/h3-12,22,30-31H,2H2,1H3/b23-21+. The van der Waals surface area contributed by atoms with Crippen molar-refractivity contribution >= 4 is 40.4 Å². The number of hydrogen-bond donors (Lipinski definition) is 2. The molecule has 0 saturated carbocycles. The molecule has 11 heteroatoms. The van der Waals surface area contributed by atoms with Crippen molar-refractivity contribution in [1.29, 1.82) is 0 Å². The Kier molecular flexibility index (Phi) is 6.63. The number of phenolic OH excluding ortho intramolecular Hbond substituents is 1. The minimum absolute atomic E-state index is 0.0598. The van der Waals surface area contributed by atoms with Gasteiger partial charge >= 0.3 is 0 Å². The van der Waals surface area contributed by atoms with Crippen LogP contribution in [0.4, 0.5) is 15.8 Å². The molecular weight excluding hydrogens is 495 g/mol. The minimum Gasteiger partial charge on any atom is -0.507 e. The third-order valence-electron chi connectivity index (χ3n) is 5.58. The summed E-state index contributed by atoms with van der Waals surface area (Å²) >= 11 is 5.93. The number of nitro groups is 1. The number of amides is 1. The van der Waals surface area contributed by atoms with Crippen LogP contribution in [0, 0.1) is 15.9 Å². The maximum absolute atomic E-state index is 13.8. The van der Waals surface area contributed by atoms with E-state index in [1.807, 2.05) is 0 Å². The first-order valence-electron chi connectivity index (χ1n) is 10.6. The number of aliphatic hydroxyl groups is 1. The summed E-state index contributed by atoms with van der Waals surface area (Å²) in [5.74, 6) is -3.47. The first-order valence-corrected chi connectivity index (χ1v) is 11.0. The number of aromatic hydroxyl groups is 1. The predicted octanol–water partition coefficient (Wildman–Crippen LogP) is 5.12. The zero-order valence-electron chi connectivity index (χ0n) is 18.6. The van der Waals surface area contributed by atoms with E-state index in [2.05, 4.69) is 0 Å². The zero-order chi connectivity index (χ0) is 26.1. The summed E-state index contributed by atoms with van der Waals surface area (Å²) in [5.41, 5.74) is -0.113. The monoisotopic (exact) mass is 512 g/mol. The molecule has 0 aliphatic carbocycles. The lowest BCUT2D eigenvalue weighted by Crippen LogP contribution is -2.29. The van der Waals surface area contributed by atoms with Crippen LogP contribution in [-0.2, 0) is 9.59 Å². The summed E-state index contributed by atoms with van der Waals surface area (Å²) in [4.78, 5) is 37.8. The van der Waals surface area contributed by atoms with Crippen molar-refractivity contribution in [2.24, 2.45) is 0 Å². The number of carbonyl (C=O) groups excluding carboxylic acids is 2. The van der Waals surface area contributed by atoms with E-state index in [1.165, 1.54) is 42.5 Å². The second-order valence-corrected chi connectivity index (χ2v) is 8.14. The van der Waals surface area contributed by atoms with Gasteiger partial charge in [-0.1, -0.05) is 17.7 Å². The van der Waals surface area contributed by atoms with E-state index in [0.717, 1.165) is 23.1 Å². The van der Waals surface area contributed by atoms with Crippen molar-refractivity contribution in [3.05, 3.63) is 98.3 Å². The molecule has 1 fully saturated rings. The first kappa shape index (κ1) is 24.7. The van der Waals surface area contributed by atoms with Crippen molar-refractivity contribution in [3.63, 3.8) is 0 Å². The van der Waals surface area contributed by atoms with Gasteiger partial charge in [-0.3, -0.25) is 24.6 Å². The number of ether oxygens (including phenoxy) is 1. The highest BCUT2D eigenvalue weighted by Gasteiger charge is 2.47. The van der Waals surface area contributed by atoms with Gasteiger partial charge in [-0.15, -0.1) is 0 Å². The number of Topliss-reactive ketones (excluding diaryl/α,β-unsaturated/α-hetero) is 1. The van der Waals surface area contributed by atoms with E-state index < -0.39 is 34.2 Å². The fraction of sp³-hybridized carbons (Fsp3) is 0.120. The van der Waals surface area contributed by atoms with E-state index in [-0.39, 0.29) is 45.6 Å². The van der Waals surface area contributed by atoms with Gasteiger partial charge in [0, 0.05) is 23.4 Å². The Labute approximate surface area is 208 Å². The quantitative estimate of drug-likeness (QED) is 0.154. The molecule has 1 atom stereocenters. The number of nitro benzene ring substituents is 1. The Morgan fingerprint density at radius 2 is 1.83 bits per heavy atom. The van der Waals surface area contributed by atoms with Crippen molar-refractivity contribution in [3.8, 4) is 11.5 Å². The van der Waals surface area contributed by atoms with Crippen LogP contribution >= 0.6 is 11.6 Å². The Morgan fingerprint density at radius 3 is 2.44 bits per heavy atom. The minimum atomic E-state index is -1.22. The molecule has 36 heavy (non-hydrogen) atoms. The second kappa shape index (κ2) is 9.67. The number of rotatable bonds is 6. The van der Waals surface area contributed by atoms with Gasteiger partial charge in [-0.25, -0.2) is 4.39 Å². The Hall–Kier alpha value is -4.44. The molecule has 0 aromatic heterocycles. The van der Waals surface area contributed by atoms with E-state index in [0.29, 0.717) is 5.56 Å². The van der Waals surface area contributed by atoms with E-state index >= 15 is 0 Å². The summed E-state index contributed by atoms with van der Waals surface area (Å²) in [6, 6.07) is 11.2. The number of hydrogen-bond acceptors (Lipinski definition) is 7. The molecular formula is C25H18ClFN2O7. The van der Waals surface area contributed by atoms with Crippen LogP contribution in [0.15, 0.2) is 66.2 Å². The maximum Gasteiger partial charge on any atom is 0.300 e. The summed E-state index contributed by atoms with van der Waals surface area (Å²) in [7, 11) is 0. The van der Waals surface area contributed by atoms with Crippen LogP contribution in [0.2, 0.25) is 5.02 Å². The molecule has 9 nitrogen and oxygen atoms in total. The van der Waals surface area contributed by atoms with E-state index in [1.54, 1.807) is 6.92 Å². The Morgan fingerprint density at radius 1 is 1.14 bits per heavy atom. The van der Waals surface area contributed by atoms with Crippen molar-refractivity contribution in [1.82, 2.24) is 0 Å². The largest absolute Gasteiger partial charge is 0.507 e. The van der Waals surface area contributed by atoms with E-state index in [4.69, 9.17) is 16.3 Å². The number of benzene rings is 3. The molecule has 3 aromatic rings. The molecule has 1 saturated heterocycles. The number of anilines is 1. The van der Waals surface area contributed by atoms with Gasteiger partial charge < -0.3 is 14.9 Å². The average Bonchev–Trinajstić information content (AvgIpc) is 3.12. The van der Waals surface area contributed by atoms with Crippen molar-refractivity contribution in [2.75, 3.05) is 11.5 Å². The van der Waals surface area contributed by atoms with Crippen LogP contribution in [0.25, 0.3) is 5.76 Å². The van der Waals surface area contributed by atoms with Crippen LogP contribution in [0.5, 0.6) is 11.5 Å².